The number of nitrogens with zero attached hydrogens (tertiary/aromatic N) is 5. The van der Waals surface area contributed by atoms with Crippen molar-refractivity contribution in [1.82, 2.24) is 14.0 Å². The molecule has 9 nitrogen and oxygen atoms in total. The first-order valence-electron chi connectivity index (χ1n) is 10.8. The van der Waals surface area contributed by atoms with Crippen molar-refractivity contribution < 1.29 is 13.5 Å². The zero-order chi connectivity index (χ0) is 23.4. The van der Waals surface area contributed by atoms with Crippen LogP contribution < -0.4 is 4.72 Å². The Balaban J connectivity index is 1.63. The third-order valence-electron chi connectivity index (χ3n) is 5.80. The number of hydrogen-bond acceptors (Lipinski definition) is 6. The van der Waals surface area contributed by atoms with E-state index in [1.54, 1.807) is 17.1 Å². The first kappa shape index (κ1) is 22.9. The number of hydrazone groups is 1. The van der Waals surface area contributed by atoms with Crippen LogP contribution in [-0.2, 0) is 10.2 Å². The molecule has 172 valence electrons. The average Bonchev–Trinajstić information content (AvgIpc) is 3.28. The van der Waals surface area contributed by atoms with Gasteiger partial charge in [0.05, 0.1) is 30.0 Å². The van der Waals surface area contributed by atoms with Gasteiger partial charge in [0.15, 0.2) is 0 Å². The summed E-state index contributed by atoms with van der Waals surface area (Å²) in [7, 11) is -2.38. The molecule has 2 atom stereocenters. The summed E-state index contributed by atoms with van der Waals surface area (Å²) in [5.74, 6) is -0.00293. The van der Waals surface area contributed by atoms with E-state index < -0.39 is 16.3 Å². The number of β-amino-alcohol motifs (C(OH)–C–C–N with tert-alkyl or cyclic N) is 1. The smallest absolute Gasteiger partial charge is 0.304 e. The fraction of sp³-hybridized carbons (Fsp3) is 0.348. The van der Waals surface area contributed by atoms with Crippen molar-refractivity contribution in [2.24, 2.45) is 10.1 Å². The Morgan fingerprint density at radius 3 is 2.55 bits per heavy atom. The van der Waals surface area contributed by atoms with Crippen molar-refractivity contribution in [3.63, 3.8) is 0 Å². The topological polar surface area (TPSA) is 121 Å². The Morgan fingerprint density at radius 2 is 1.91 bits per heavy atom. The van der Waals surface area contributed by atoms with Gasteiger partial charge in [-0.15, -0.1) is 0 Å². The Kier molecular flexibility index (Phi) is 6.74. The zero-order valence-electron chi connectivity index (χ0n) is 18.3. The maximum atomic E-state index is 12.9. The average molecular weight is 467 g/mol. The second kappa shape index (κ2) is 9.70. The largest absolute Gasteiger partial charge is 0.392 e. The number of aliphatic hydroxyl groups is 1. The molecule has 2 aromatic rings. The second-order valence-electron chi connectivity index (χ2n) is 8.03. The molecule has 2 aliphatic heterocycles. The summed E-state index contributed by atoms with van der Waals surface area (Å²) in [6.45, 7) is 0.797. The van der Waals surface area contributed by atoms with Crippen molar-refractivity contribution in [3.8, 4) is 6.07 Å². The lowest BCUT2D eigenvalue weighted by atomic mass is 9.90. The third kappa shape index (κ3) is 5.06. The molecule has 2 unspecified atom stereocenters. The van der Waals surface area contributed by atoms with Crippen LogP contribution in [0, 0.1) is 11.3 Å². The van der Waals surface area contributed by atoms with E-state index in [0.717, 1.165) is 16.8 Å². The zero-order valence-corrected chi connectivity index (χ0v) is 19.1. The molecule has 10 heteroatoms. The summed E-state index contributed by atoms with van der Waals surface area (Å²) in [6.07, 6.45) is 0.512. The van der Waals surface area contributed by atoms with Crippen LogP contribution in [0.25, 0.3) is 0 Å². The molecular weight excluding hydrogens is 440 g/mol. The van der Waals surface area contributed by atoms with E-state index in [0.29, 0.717) is 31.5 Å². The second-order valence-corrected chi connectivity index (χ2v) is 9.70. The lowest BCUT2D eigenvalue weighted by Gasteiger charge is -2.30. The molecular formula is C23H26N6O3S. The van der Waals surface area contributed by atoms with Gasteiger partial charge >= 0.3 is 10.2 Å². The quantitative estimate of drug-likeness (QED) is 0.524. The van der Waals surface area contributed by atoms with Gasteiger partial charge in [-0.3, -0.25) is 4.99 Å². The van der Waals surface area contributed by atoms with Crippen LogP contribution in [0.3, 0.4) is 0 Å². The van der Waals surface area contributed by atoms with Crippen molar-refractivity contribution in [3.05, 3.63) is 71.3 Å². The van der Waals surface area contributed by atoms with Crippen LogP contribution in [-0.4, -0.2) is 67.3 Å². The van der Waals surface area contributed by atoms with E-state index in [4.69, 9.17) is 10.4 Å². The summed E-state index contributed by atoms with van der Waals surface area (Å²) in [5.41, 5.74) is 3.21. The van der Waals surface area contributed by atoms with Crippen LogP contribution in [0.15, 0.2) is 64.7 Å². The van der Waals surface area contributed by atoms with Crippen molar-refractivity contribution in [1.29, 1.82) is 5.26 Å². The van der Waals surface area contributed by atoms with Crippen LogP contribution in [0.4, 0.5) is 0 Å². The Bertz CT molecular complexity index is 1190. The fourth-order valence-corrected chi connectivity index (χ4v) is 5.38. The normalized spacial score (nSPS) is 22.0. The summed E-state index contributed by atoms with van der Waals surface area (Å²) in [4.78, 5) is 4.17. The number of nitriles is 1. The highest BCUT2D eigenvalue weighted by atomic mass is 32.2. The molecule has 1 saturated heterocycles. The molecule has 2 heterocycles. The van der Waals surface area contributed by atoms with E-state index >= 15 is 0 Å². The van der Waals surface area contributed by atoms with E-state index in [1.165, 1.54) is 11.4 Å². The summed E-state index contributed by atoms with van der Waals surface area (Å²) in [6, 6.07) is 19.1. The van der Waals surface area contributed by atoms with Crippen LogP contribution in [0.5, 0.6) is 0 Å². The minimum absolute atomic E-state index is 0.0543. The number of nitrogens with one attached hydrogen (secondary N) is 1. The number of piperidine rings is 1. The standard InChI is InChI=1S/C23H26N6O3S/c1-25-23(27-33(31,32)28-13-5-8-20(30)15-28)29-16-21(18-6-3-2-4-7-18)22(26-29)19-11-9-17(14-24)10-12-19/h2-4,6-7,9-12,20-21,30H,5,8,13,15-16H2,1H3,(H,25,27). The molecule has 2 N–H and O–H groups in total. The minimum atomic E-state index is -3.89. The van der Waals surface area contributed by atoms with Gasteiger partial charge in [0.2, 0.25) is 5.96 Å². The molecule has 0 amide bonds. The monoisotopic (exact) mass is 466 g/mol. The molecule has 0 aromatic heterocycles. The summed E-state index contributed by atoms with van der Waals surface area (Å²) < 4.78 is 29.7. The van der Waals surface area contributed by atoms with E-state index in [-0.39, 0.29) is 18.4 Å². The maximum Gasteiger partial charge on any atom is 0.304 e. The highest BCUT2D eigenvalue weighted by molar-refractivity contribution is 7.87. The summed E-state index contributed by atoms with van der Waals surface area (Å²) in [5, 5.41) is 25.3. The van der Waals surface area contributed by atoms with Crippen molar-refractivity contribution in [2.75, 3.05) is 26.7 Å². The molecule has 4 rings (SSSR count). The van der Waals surface area contributed by atoms with E-state index in [1.807, 2.05) is 42.5 Å². The maximum absolute atomic E-state index is 12.9. The first-order valence-corrected chi connectivity index (χ1v) is 12.2. The highest BCUT2D eigenvalue weighted by Gasteiger charge is 2.34. The first-order chi connectivity index (χ1) is 15.9. The molecule has 2 aliphatic rings. The minimum Gasteiger partial charge on any atom is -0.392 e. The lowest BCUT2D eigenvalue weighted by Crippen LogP contribution is -2.51. The molecule has 2 aromatic carbocycles. The van der Waals surface area contributed by atoms with Crippen LogP contribution in [0.1, 0.15) is 35.4 Å². The number of benzene rings is 2. The predicted octanol–water partition coefficient (Wildman–Crippen LogP) is 1.64. The van der Waals surface area contributed by atoms with Gasteiger partial charge in [0.1, 0.15) is 0 Å². The third-order valence-corrected chi connectivity index (χ3v) is 7.25. The number of aliphatic hydroxyl groups excluding tert-OH is 1. The molecule has 1 fully saturated rings. The Morgan fingerprint density at radius 1 is 1.18 bits per heavy atom. The number of hydrogen-bond donors (Lipinski definition) is 2. The fourth-order valence-electron chi connectivity index (χ4n) is 4.09. The van der Waals surface area contributed by atoms with Crippen LogP contribution >= 0.6 is 0 Å². The van der Waals surface area contributed by atoms with Crippen molar-refractivity contribution in [2.45, 2.75) is 24.9 Å². The predicted molar refractivity (Wildman–Crippen MR) is 126 cm³/mol. The summed E-state index contributed by atoms with van der Waals surface area (Å²) >= 11 is 0. The van der Waals surface area contributed by atoms with Gasteiger partial charge in [-0.1, -0.05) is 42.5 Å². The molecule has 0 saturated carbocycles. The lowest BCUT2D eigenvalue weighted by molar-refractivity contribution is 0.107. The van der Waals surface area contributed by atoms with Crippen molar-refractivity contribution >= 4 is 21.9 Å². The van der Waals surface area contributed by atoms with E-state index in [2.05, 4.69) is 15.8 Å². The van der Waals surface area contributed by atoms with Gasteiger partial charge in [0, 0.05) is 26.1 Å². The Hall–Kier alpha value is -3.26. The van der Waals surface area contributed by atoms with Gasteiger partial charge in [-0.2, -0.15) is 23.1 Å². The van der Waals surface area contributed by atoms with E-state index in [9.17, 15) is 13.5 Å². The van der Waals surface area contributed by atoms with Gasteiger partial charge in [-0.05, 0) is 36.1 Å². The number of rotatable bonds is 4. The molecule has 33 heavy (non-hydrogen) atoms. The number of aliphatic imine (C=N–C) groups is 1. The molecule has 0 radical (unpaired) electrons. The van der Waals surface area contributed by atoms with Gasteiger partial charge in [0.25, 0.3) is 0 Å². The highest BCUT2D eigenvalue weighted by Crippen LogP contribution is 2.29. The van der Waals surface area contributed by atoms with Gasteiger partial charge in [-0.25, -0.2) is 9.73 Å². The number of guanidine groups is 1. The SMILES string of the molecule is CN=C(NS(=O)(=O)N1CCCC(O)C1)N1CC(c2ccccc2)C(c2ccc(C#N)cc2)=N1. The molecule has 0 aliphatic carbocycles. The molecule has 0 spiro atoms. The van der Waals surface area contributed by atoms with Gasteiger partial charge < -0.3 is 5.11 Å². The molecule has 0 bridgehead atoms. The Labute approximate surface area is 193 Å². The van der Waals surface area contributed by atoms with Crippen LogP contribution in [0.2, 0.25) is 0 Å².